The zero-order valence-corrected chi connectivity index (χ0v) is 11.9. The predicted octanol–water partition coefficient (Wildman–Crippen LogP) is 2.15. The summed E-state index contributed by atoms with van der Waals surface area (Å²) in [6.45, 7) is 6.23. The number of benzene rings is 1. The fourth-order valence-electron chi connectivity index (χ4n) is 2.59. The van der Waals surface area contributed by atoms with E-state index in [1.807, 2.05) is 36.9 Å². The van der Waals surface area contributed by atoms with Gasteiger partial charge in [-0.25, -0.2) is 0 Å². The van der Waals surface area contributed by atoms with Crippen LogP contribution in [0.1, 0.15) is 29.8 Å². The van der Waals surface area contributed by atoms with Crippen molar-refractivity contribution in [3.05, 3.63) is 29.3 Å². The number of rotatable bonds is 5. The van der Waals surface area contributed by atoms with E-state index in [1.165, 1.54) is 5.56 Å². The highest BCUT2D eigenvalue weighted by Gasteiger charge is 2.21. The van der Waals surface area contributed by atoms with Crippen molar-refractivity contribution in [2.24, 2.45) is 0 Å². The van der Waals surface area contributed by atoms with Gasteiger partial charge in [-0.2, -0.15) is 0 Å². The molecule has 104 valence electrons. The Balaban J connectivity index is 2.17. The molecule has 0 fully saturated rings. The van der Waals surface area contributed by atoms with Crippen molar-refractivity contribution in [1.29, 1.82) is 0 Å². The molecule has 1 heterocycles. The van der Waals surface area contributed by atoms with Crippen LogP contribution in [0.5, 0.6) is 0 Å². The first-order chi connectivity index (χ1) is 9.17. The van der Waals surface area contributed by atoms with Gasteiger partial charge in [-0.3, -0.25) is 4.79 Å². The largest absolute Gasteiger partial charge is 0.384 e. The molecule has 1 aromatic carbocycles. The Morgan fingerprint density at radius 1 is 1.53 bits per heavy atom. The fraction of sp³-hybridized carbons (Fsp3) is 0.533. The van der Waals surface area contributed by atoms with E-state index in [2.05, 4.69) is 5.32 Å². The molecule has 4 heteroatoms. The van der Waals surface area contributed by atoms with Gasteiger partial charge in [0.25, 0.3) is 5.91 Å². The lowest BCUT2D eigenvalue weighted by Gasteiger charge is -2.27. The monoisotopic (exact) mass is 262 g/mol. The number of hydrogen-bond acceptors (Lipinski definition) is 3. The van der Waals surface area contributed by atoms with E-state index < -0.39 is 0 Å². The summed E-state index contributed by atoms with van der Waals surface area (Å²) >= 11 is 0. The van der Waals surface area contributed by atoms with Crippen molar-refractivity contribution in [3.63, 3.8) is 0 Å². The molecular formula is C15H22N2O2. The molecule has 1 aliphatic heterocycles. The third-order valence-electron chi connectivity index (χ3n) is 3.60. The van der Waals surface area contributed by atoms with Crippen LogP contribution in [0.4, 0.5) is 5.69 Å². The molecule has 2 rings (SSSR count). The van der Waals surface area contributed by atoms with E-state index >= 15 is 0 Å². The number of carbonyl (C=O) groups is 1. The molecule has 19 heavy (non-hydrogen) atoms. The molecule has 0 bridgehead atoms. The molecule has 0 radical (unpaired) electrons. The average Bonchev–Trinajstić information content (AvgIpc) is 2.86. The first-order valence-electron chi connectivity index (χ1n) is 6.84. The zero-order valence-electron chi connectivity index (χ0n) is 11.9. The highest BCUT2D eigenvalue weighted by Crippen LogP contribution is 2.24. The van der Waals surface area contributed by atoms with Crippen LogP contribution in [0.25, 0.3) is 0 Å². The van der Waals surface area contributed by atoms with Crippen LogP contribution in [0, 0.1) is 0 Å². The molecule has 1 atom stereocenters. The van der Waals surface area contributed by atoms with E-state index in [1.54, 1.807) is 7.11 Å². The molecule has 0 aromatic heterocycles. The van der Waals surface area contributed by atoms with Crippen molar-refractivity contribution >= 4 is 11.6 Å². The molecule has 0 spiro atoms. The topological polar surface area (TPSA) is 41.6 Å². The number of anilines is 1. The fourth-order valence-corrected chi connectivity index (χ4v) is 2.59. The van der Waals surface area contributed by atoms with E-state index in [0.29, 0.717) is 13.2 Å². The standard InChI is InChI=1S/C15H22N2O2/c1-4-17(11(2)10-19-3)15(18)13-5-6-14-12(9-13)7-8-16-14/h5-6,9,11,16H,4,7-8,10H2,1-3H3. The minimum absolute atomic E-state index is 0.0850. The second kappa shape index (κ2) is 6.06. The number of likely N-dealkylation sites (N-methyl/N-ethyl adjacent to an activating group) is 1. The van der Waals surface area contributed by atoms with Gasteiger partial charge in [0.2, 0.25) is 0 Å². The lowest BCUT2D eigenvalue weighted by atomic mass is 10.1. The number of ether oxygens (including phenoxy) is 1. The summed E-state index contributed by atoms with van der Waals surface area (Å²) in [4.78, 5) is 14.4. The van der Waals surface area contributed by atoms with Crippen molar-refractivity contribution in [2.45, 2.75) is 26.3 Å². The first kappa shape index (κ1) is 13.9. The molecular weight excluding hydrogens is 240 g/mol. The Labute approximate surface area is 114 Å². The van der Waals surface area contributed by atoms with Gasteiger partial charge in [0, 0.05) is 31.5 Å². The van der Waals surface area contributed by atoms with Crippen LogP contribution in [0.2, 0.25) is 0 Å². The number of fused-ring (bicyclic) bond motifs is 1. The average molecular weight is 262 g/mol. The maximum atomic E-state index is 12.5. The van der Waals surface area contributed by atoms with Crippen LogP contribution >= 0.6 is 0 Å². The highest BCUT2D eigenvalue weighted by atomic mass is 16.5. The third kappa shape index (κ3) is 2.89. The SMILES string of the molecule is CCN(C(=O)c1ccc2c(c1)CCN2)C(C)COC. The molecule has 1 amide bonds. The van der Waals surface area contributed by atoms with Crippen molar-refractivity contribution < 1.29 is 9.53 Å². The Hall–Kier alpha value is -1.55. The van der Waals surface area contributed by atoms with Crippen LogP contribution < -0.4 is 5.32 Å². The molecule has 1 aliphatic rings. The van der Waals surface area contributed by atoms with Gasteiger partial charge in [0.05, 0.1) is 12.6 Å². The number of amides is 1. The Kier molecular flexibility index (Phi) is 4.43. The number of hydrogen-bond donors (Lipinski definition) is 1. The maximum Gasteiger partial charge on any atom is 0.254 e. The molecule has 0 aliphatic carbocycles. The Morgan fingerprint density at radius 3 is 3.00 bits per heavy atom. The molecule has 1 unspecified atom stereocenters. The summed E-state index contributed by atoms with van der Waals surface area (Å²) in [6, 6.07) is 6.01. The van der Waals surface area contributed by atoms with Crippen LogP contribution in [-0.4, -0.2) is 43.7 Å². The zero-order chi connectivity index (χ0) is 13.8. The third-order valence-corrected chi connectivity index (χ3v) is 3.60. The molecule has 0 saturated carbocycles. The lowest BCUT2D eigenvalue weighted by molar-refractivity contribution is 0.0579. The van der Waals surface area contributed by atoms with Crippen LogP contribution in [0.15, 0.2) is 18.2 Å². The minimum atomic E-state index is 0.0850. The minimum Gasteiger partial charge on any atom is -0.384 e. The van der Waals surface area contributed by atoms with Gasteiger partial charge >= 0.3 is 0 Å². The summed E-state index contributed by atoms with van der Waals surface area (Å²) in [6.07, 6.45) is 0.996. The molecule has 1 aromatic rings. The quantitative estimate of drug-likeness (QED) is 0.884. The predicted molar refractivity (Wildman–Crippen MR) is 76.7 cm³/mol. The summed E-state index contributed by atoms with van der Waals surface area (Å²) in [5, 5.41) is 3.31. The van der Waals surface area contributed by atoms with Gasteiger partial charge in [-0.15, -0.1) is 0 Å². The summed E-state index contributed by atoms with van der Waals surface area (Å²) < 4.78 is 5.14. The van der Waals surface area contributed by atoms with E-state index in [4.69, 9.17) is 4.74 Å². The smallest absolute Gasteiger partial charge is 0.254 e. The second-order valence-corrected chi connectivity index (χ2v) is 4.94. The van der Waals surface area contributed by atoms with Crippen molar-refractivity contribution in [3.8, 4) is 0 Å². The first-order valence-corrected chi connectivity index (χ1v) is 6.84. The van der Waals surface area contributed by atoms with E-state index in [0.717, 1.165) is 24.2 Å². The molecule has 4 nitrogen and oxygen atoms in total. The number of nitrogens with one attached hydrogen (secondary N) is 1. The van der Waals surface area contributed by atoms with Gasteiger partial charge in [-0.1, -0.05) is 0 Å². The Morgan fingerprint density at radius 2 is 2.32 bits per heavy atom. The maximum absolute atomic E-state index is 12.5. The van der Waals surface area contributed by atoms with E-state index in [9.17, 15) is 4.79 Å². The van der Waals surface area contributed by atoms with Gasteiger partial charge in [-0.05, 0) is 44.0 Å². The number of nitrogens with zero attached hydrogens (tertiary/aromatic N) is 1. The number of carbonyl (C=O) groups excluding carboxylic acids is 1. The summed E-state index contributed by atoms with van der Waals surface area (Å²) in [5.74, 6) is 0.0850. The second-order valence-electron chi connectivity index (χ2n) is 4.94. The number of methoxy groups -OCH3 is 1. The van der Waals surface area contributed by atoms with Gasteiger partial charge in [0.15, 0.2) is 0 Å². The van der Waals surface area contributed by atoms with E-state index in [-0.39, 0.29) is 11.9 Å². The van der Waals surface area contributed by atoms with Crippen molar-refractivity contribution in [1.82, 2.24) is 4.90 Å². The van der Waals surface area contributed by atoms with Crippen LogP contribution in [0.3, 0.4) is 0 Å². The summed E-state index contributed by atoms with van der Waals surface area (Å²) in [5.41, 5.74) is 3.16. The summed E-state index contributed by atoms with van der Waals surface area (Å²) in [7, 11) is 1.66. The van der Waals surface area contributed by atoms with Crippen molar-refractivity contribution in [2.75, 3.05) is 32.1 Å². The van der Waals surface area contributed by atoms with Gasteiger partial charge < -0.3 is 15.0 Å². The molecule has 0 saturated heterocycles. The van der Waals surface area contributed by atoms with Gasteiger partial charge in [0.1, 0.15) is 0 Å². The van der Waals surface area contributed by atoms with Crippen LogP contribution in [-0.2, 0) is 11.2 Å². The normalized spacial score (nSPS) is 14.7. The lowest BCUT2D eigenvalue weighted by Crippen LogP contribution is -2.40. The highest BCUT2D eigenvalue weighted by molar-refractivity contribution is 5.95. The molecule has 1 N–H and O–H groups in total. The Bertz CT molecular complexity index is 459.